The minimum atomic E-state index is 0.430. The molecule has 0 aliphatic heterocycles. The summed E-state index contributed by atoms with van der Waals surface area (Å²) in [6.07, 6.45) is 6.58. The van der Waals surface area contributed by atoms with E-state index in [0.717, 1.165) is 12.1 Å². The fourth-order valence-electron chi connectivity index (χ4n) is 2.61. The van der Waals surface area contributed by atoms with Crippen LogP contribution >= 0.6 is 0 Å². The van der Waals surface area contributed by atoms with Gasteiger partial charge in [-0.1, -0.05) is 27.7 Å². The van der Waals surface area contributed by atoms with Crippen LogP contribution in [0, 0.1) is 5.41 Å². The van der Waals surface area contributed by atoms with Gasteiger partial charge in [0.15, 0.2) is 0 Å². The topological polar surface area (TPSA) is 15.3 Å². The molecular formula is C15H32N2. The van der Waals surface area contributed by atoms with Crippen molar-refractivity contribution < 1.29 is 0 Å². The molecule has 0 aromatic heterocycles. The highest BCUT2D eigenvalue weighted by Crippen LogP contribution is 2.26. The van der Waals surface area contributed by atoms with Gasteiger partial charge in [0, 0.05) is 25.2 Å². The standard InChI is InChI=1S/C15H32N2/c1-6-14(7-2)17(5)12-15(4,8-3)11-16-13-9-10-13/h13-14,16H,6-12H2,1-5H3. The van der Waals surface area contributed by atoms with Crippen molar-refractivity contribution in [1.29, 1.82) is 0 Å². The third kappa shape index (κ3) is 4.97. The Bertz CT molecular complexity index is 209. The number of nitrogens with zero attached hydrogens (tertiary/aromatic N) is 1. The van der Waals surface area contributed by atoms with E-state index >= 15 is 0 Å². The van der Waals surface area contributed by atoms with Gasteiger partial charge in [0.05, 0.1) is 0 Å². The summed E-state index contributed by atoms with van der Waals surface area (Å²) in [6.45, 7) is 11.8. The zero-order valence-electron chi connectivity index (χ0n) is 12.6. The molecule has 102 valence electrons. The van der Waals surface area contributed by atoms with Crippen LogP contribution < -0.4 is 5.32 Å². The summed E-state index contributed by atoms with van der Waals surface area (Å²) in [5.41, 5.74) is 0.430. The van der Waals surface area contributed by atoms with E-state index in [-0.39, 0.29) is 0 Å². The normalized spacial score (nSPS) is 19.9. The minimum Gasteiger partial charge on any atom is -0.313 e. The lowest BCUT2D eigenvalue weighted by Gasteiger charge is -2.37. The van der Waals surface area contributed by atoms with Crippen LogP contribution in [-0.4, -0.2) is 37.1 Å². The molecule has 1 rings (SSSR count). The lowest BCUT2D eigenvalue weighted by molar-refractivity contribution is 0.134. The smallest absolute Gasteiger partial charge is 0.00872 e. The van der Waals surface area contributed by atoms with Crippen LogP contribution in [-0.2, 0) is 0 Å². The highest BCUT2D eigenvalue weighted by molar-refractivity contribution is 4.87. The average Bonchev–Trinajstić information content (AvgIpc) is 3.12. The molecule has 1 aliphatic carbocycles. The van der Waals surface area contributed by atoms with Crippen molar-refractivity contribution in [3.05, 3.63) is 0 Å². The Morgan fingerprint density at radius 3 is 2.24 bits per heavy atom. The van der Waals surface area contributed by atoms with Crippen molar-refractivity contribution >= 4 is 0 Å². The largest absolute Gasteiger partial charge is 0.313 e. The number of nitrogens with one attached hydrogen (secondary N) is 1. The molecule has 0 spiro atoms. The Labute approximate surface area is 108 Å². The highest BCUT2D eigenvalue weighted by Gasteiger charge is 2.29. The van der Waals surface area contributed by atoms with Gasteiger partial charge in [0.2, 0.25) is 0 Å². The number of rotatable bonds is 9. The molecule has 2 nitrogen and oxygen atoms in total. The van der Waals surface area contributed by atoms with E-state index in [4.69, 9.17) is 0 Å². The highest BCUT2D eigenvalue weighted by atomic mass is 15.1. The monoisotopic (exact) mass is 240 g/mol. The first-order chi connectivity index (χ1) is 8.04. The van der Waals surface area contributed by atoms with Crippen molar-refractivity contribution in [2.75, 3.05) is 20.1 Å². The SMILES string of the molecule is CCC(CC)N(C)CC(C)(CC)CNC1CC1. The second-order valence-corrected chi connectivity index (χ2v) is 6.20. The first kappa shape index (κ1) is 15.0. The maximum atomic E-state index is 3.70. The number of hydrogen-bond donors (Lipinski definition) is 1. The van der Waals surface area contributed by atoms with E-state index < -0.39 is 0 Å². The fraction of sp³-hybridized carbons (Fsp3) is 1.00. The van der Waals surface area contributed by atoms with Gasteiger partial charge >= 0.3 is 0 Å². The zero-order chi connectivity index (χ0) is 12.9. The van der Waals surface area contributed by atoms with Gasteiger partial charge in [-0.15, -0.1) is 0 Å². The Kier molecular flexibility index (Phi) is 5.94. The van der Waals surface area contributed by atoms with Gasteiger partial charge in [0.1, 0.15) is 0 Å². The summed E-state index contributed by atoms with van der Waals surface area (Å²) in [5, 5.41) is 3.70. The van der Waals surface area contributed by atoms with Crippen LogP contribution in [0.3, 0.4) is 0 Å². The molecule has 1 atom stereocenters. The van der Waals surface area contributed by atoms with Crippen molar-refractivity contribution in [2.45, 2.75) is 71.9 Å². The van der Waals surface area contributed by atoms with Gasteiger partial charge in [0.25, 0.3) is 0 Å². The molecule has 0 bridgehead atoms. The molecule has 0 heterocycles. The summed E-state index contributed by atoms with van der Waals surface area (Å²) in [5.74, 6) is 0. The first-order valence-corrected chi connectivity index (χ1v) is 7.48. The predicted molar refractivity (Wildman–Crippen MR) is 76.4 cm³/mol. The third-order valence-corrected chi connectivity index (χ3v) is 4.45. The molecule has 0 radical (unpaired) electrons. The van der Waals surface area contributed by atoms with Crippen molar-refractivity contribution in [3.63, 3.8) is 0 Å². The number of hydrogen-bond acceptors (Lipinski definition) is 2. The molecule has 0 aromatic carbocycles. The molecule has 0 saturated heterocycles. The maximum absolute atomic E-state index is 3.70. The molecule has 17 heavy (non-hydrogen) atoms. The van der Waals surface area contributed by atoms with E-state index in [0.29, 0.717) is 5.41 Å². The van der Waals surface area contributed by atoms with Crippen molar-refractivity contribution in [3.8, 4) is 0 Å². The lowest BCUT2D eigenvalue weighted by Crippen LogP contribution is -2.44. The Morgan fingerprint density at radius 2 is 1.82 bits per heavy atom. The van der Waals surface area contributed by atoms with E-state index in [1.165, 1.54) is 45.2 Å². The van der Waals surface area contributed by atoms with Crippen LogP contribution in [0.5, 0.6) is 0 Å². The quantitative estimate of drug-likeness (QED) is 0.665. The molecule has 1 saturated carbocycles. The van der Waals surface area contributed by atoms with Crippen LogP contribution in [0.4, 0.5) is 0 Å². The van der Waals surface area contributed by atoms with E-state index in [1.54, 1.807) is 0 Å². The summed E-state index contributed by atoms with van der Waals surface area (Å²) < 4.78 is 0. The third-order valence-electron chi connectivity index (χ3n) is 4.45. The maximum Gasteiger partial charge on any atom is 0.00872 e. The van der Waals surface area contributed by atoms with Crippen LogP contribution in [0.15, 0.2) is 0 Å². The second-order valence-electron chi connectivity index (χ2n) is 6.20. The second kappa shape index (κ2) is 6.75. The summed E-state index contributed by atoms with van der Waals surface area (Å²) in [7, 11) is 2.29. The van der Waals surface area contributed by atoms with Gasteiger partial charge in [-0.05, 0) is 44.6 Å². The lowest BCUT2D eigenvalue weighted by atomic mass is 9.86. The summed E-state index contributed by atoms with van der Waals surface area (Å²) >= 11 is 0. The Hall–Kier alpha value is -0.0800. The van der Waals surface area contributed by atoms with E-state index in [9.17, 15) is 0 Å². The van der Waals surface area contributed by atoms with Crippen LogP contribution in [0.2, 0.25) is 0 Å². The fourth-order valence-corrected chi connectivity index (χ4v) is 2.61. The Morgan fingerprint density at radius 1 is 1.24 bits per heavy atom. The molecule has 2 heteroatoms. The van der Waals surface area contributed by atoms with Crippen molar-refractivity contribution in [1.82, 2.24) is 10.2 Å². The Balaban J connectivity index is 2.41. The summed E-state index contributed by atoms with van der Waals surface area (Å²) in [6, 6.07) is 1.58. The van der Waals surface area contributed by atoms with Gasteiger partial charge < -0.3 is 10.2 Å². The van der Waals surface area contributed by atoms with Crippen molar-refractivity contribution in [2.24, 2.45) is 5.41 Å². The van der Waals surface area contributed by atoms with Crippen LogP contribution in [0.25, 0.3) is 0 Å². The summed E-state index contributed by atoms with van der Waals surface area (Å²) in [4.78, 5) is 2.57. The molecule has 1 N–H and O–H groups in total. The average molecular weight is 240 g/mol. The van der Waals surface area contributed by atoms with Gasteiger partial charge in [-0.2, -0.15) is 0 Å². The molecule has 1 unspecified atom stereocenters. The van der Waals surface area contributed by atoms with Gasteiger partial charge in [-0.25, -0.2) is 0 Å². The molecule has 1 aliphatic rings. The molecule has 1 fully saturated rings. The first-order valence-electron chi connectivity index (χ1n) is 7.48. The molecule has 0 aromatic rings. The zero-order valence-corrected chi connectivity index (χ0v) is 12.6. The minimum absolute atomic E-state index is 0.430. The van der Waals surface area contributed by atoms with Crippen LogP contribution in [0.1, 0.15) is 59.8 Å². The van der Waals surface area contributed by atoms with Gasteiger partial charge in [-0.3, -0.25) is 0 Å². The van der Waals surface area contributed by atoms with E-state index in [1.807, 2.05) is 0 Å². The molecule has 0 amide bonds. The van der Waals surface area contributed by atoms with E-state index in [2.05, 4.69) is 45.0 Å². The molecular weight excluding hydrogens is 208 g/mol. The predicted octanol–water partition coefficient (Wildman–Crippen LogP) is 3.28.